The Morgan fingerprint density at radius 1 is 0.655 bits per heavy atom. The van der Waals surface area contributed by atoms with Crippen LogP contribution >= 0.6 is 0 Å². The van der Waals surface area contributed by atoms with E-state index in [1.807, 2.05) is 0 Å². The molecule has 29 heavy (non-hydrogen) atoms. The number of carboxylic acids is 2. The molecule has 9 heteroatoms. The number of carbonyl (C=O) groups is 2. The third-order valence-corrected chi connectivity index (χ3v) is 3.72. The number of carbonyl (C=O) groups excluding carboxylic acids is 2. The molecule has 2 heterocycles. The third kappa shape index (κ3) is 4.89. The molecule has 0 aliphatic rings. The second-order valence-corrected chi connectivity index (χ2v) is 5.55. The number of rotatable bonds is 2. The molecule has 2 aromatic heterocycles. The van der Waals surface area contributed by atoms with Gasteiger partial charge in [-0.2, -0.15) is 0 Å². The predicted molar refractivity (Wildman–Crippen MR) is 99.4 cm³/mol. The summed E-state index contributed by atoms with van der Waals surface area (Å²) >= 11 is 0. The van der Waals surface area contributed by atoms with Crippen molar-refractivity contribution < 1.29 is 28.6 Å². The van der Waals surface area contributed by atoms with Gasteiger partial charge in [-0.05, 0) is 24.3 Å². The van der Waals surface area contributed by atoms with Gasteiger partial charge < -0.3 is 28.6 Å². The average molecular weight is 403 g/mol. The first-order valence-corrected chi connectivity index (χ1v) is 7.85. The maximum Gasteiger partial charge on any atom is 2.00 e. The minimum absolute atomic E-state index is 0. The van der Waals surface area contributed by atoms with E-state index in [1.54, 1.807) is 48.5 Å². The van der Waals surface area contributed by atoms with Crippen molar-refractivity contribution in [3.63, 3.8) is 0 Å². The topological polar surface area (TPSA) is 141 Å². The average Bonchev–Trinajstić information content (AvgIpc) is 2.67. The Balaban J connectivity index is 0.000000200. The Morgan fingerprint density at radius 3 is 1.34 bits per heavy atom. The minimum Gasteiger partial charge on any atom is -0.545 e. The van der Waals surface area contributed by atoms with Crippen molar-refractivity contribution in [2.24, 2.45) is 0 Å². The zero-order valence-corrected chi connectivity index (χ0v) is 16.2. The van der Waals surface area contributed by atoms with Crippen LogP contribution in [0.2, 0.25) is 0 Å². The number of hydrogen-bond acceptors (Lipinski definition) is 8. The fraction of sp³-hybridized carbons (Fsp3) is 0. The second-order valence-electron chi connectivity index (χ2n) is 5.55. The normalized spacial score (nSPS) is 9.93. The standard InChI is InChI=1S/2C10H6O4.Mg/c2*11-9(12)7-5-6-3-1-2-4-8(6)14-10(7)13;/h2*1-5H,(H,11,12);/q;;+2/p-2. The summed E-state index contributed by atoms with van der Waals surface area (Å²) in [6, 6.07) is 15.8. The van der Waals surface area contributed by atoms with Crippen LogP contribution < -0.4 is 21.5 Å². The molecular weight excluding hydrogens is 393 g/mol. The number of para-hydroxylation sites is 2. The van der Waals surface area contributed by atoms with Crippen molar-refractivity contribution in [3.05, 3.63) is 92.6 Å². The first-order valence-electron chi connectivity index (χ1n) is 7.85. The molecular formula is C20H10MgO8. The van der Waals surface area contributed by atoms with Gasteiger partial charge in [0.05, 0.1) is 23.1 Å². The molecule has 0 radical (unpaired) electrons. The number of aromatic carboxylic acids is 2. The molecule has 2 aromatic carbocycles. The van der Waals surface area contributed by atoms with E-state index in [9.17, 15) is 29.4 Å². The van der Waals surface area contributed by atoms with Gasteiger partial charge in [-0.15, -0.1) is 0 Å². The van der Waals surface area contributed by atoms with Crippen molar-refractivity contribution in [1.82, 2.24) is 0 Å². The molecule has 4 rings (SSSR count). The van der Waals surface area contributed by atoms with Gasteiger partial charge in [0.1, 0.15) is 11.2 Å². The number of fused-ring (bicyclic) bond motifs is 2. The smallest absolute Gasteiger partial charge is 0.545 e. The van der Waals surface area contributed by atoms with Crippen LogP contribution in [0.15, 0.2) is 79.1 Å². The molecule has 0 aliphatic heterocycles. The van der Waals surface area contributed by atoms with E-state index in [0.29, 0.717) is 21.9 Å². The van der Waals surface area contributed by atoms with Crippen molar-refractivity contribution in [2.45, 2.75) is 0 Å². The largest absolute Gasteiger partial charge is 2.00 e. The maximum absolute atomic E-state index is 11.1. The zero-order valence-electron chi connectivity index (χ0n) is 14.7. The van der Waals surface area contributed by atoms with Crippen LogP contribution in [0.5, 0.6) is 0 Å². The molecule has 0 saturated heterocycles. The van der Waals surface area contributed by atoms with Gasteiger partial charge in [0.2, 0.25) is 0 Å². The molecule has 4 aromatic rings. The minimum atomic E-state index is -1.52. The number of benzene rings is 2. The fourth-order valence-electron chi connectivity index (χ4n) is 2.41. The van der Waals surface area contributed by atoms with Crippen LogP contribution in [-0.2, 0) is 0 Å². The van der Waals surface area contributed by atoms with E-state index in [1.165, 1.54) is 12.1 Å². The molecule has 0 fully saturated rings. The molecule has 8 nitrogen and oxygen atoms in total. The van der Waals surface area contributed by atoms with Crippen LogP contribution in [0.25, 0.3) is 21.9 Å². The summed E-state index contributed by atoms with van der Waals surface area (Å²) in [6.07, 6.45) is 0. The van der Waals surface area contributed by atoms with Crippen molar-refractivity contribution in [1.29, 1.82) is 0 Å². The molecule has 140 valence electrons. The van der Waals surface area contributed by atoms with E-state index in [-0.39, 0.29) is 23.1 Å². The number of carboxylic acid groups (broad SMARTS) is 2. The Hall–Kier alpha value is -3.43. The van der Waals surface area contributed by atoms with Gasteiger partial charge in [-0.25, -0.2) is 9.59 Å². The van der Waals surface area contributed by atoms with E-state index in [0.717, 1.165) is 0 Å². The first-order chi connectivity index (χ1) is 13.4. The quantitative estimate of drug-likeness (QED) is 0.335. The molecule has 0 N–H and O–H groups in total. The van der Waals surface area contributed by atoms with Gasteiger partial charge >= 0.3 is 34.3 Å². The third-order valence-electron chi connectivity index (χ3n) is 3.72. The second kappa shape index (κ2) is 9.17. The Morgan fingerprint density at radius 2 is 1.00 bits per heavy atom. The molecule has 0 saturated carbocycles. The van der Waals surface area contributed by atoms with Gasteiger partial charge in [0, 0.05) is 10.8 Å². The summed E-state index contributed by atoms with van der Waals surface area (Å²) < 4.78 is 9.56. The van der Waals surface area contributed by atoms with E-state index < -0.39 is 34.3 Å². The van der Waals surface area contributed by atoms with Crippen LogP contribution in [0.4, 0.5) is 0 Å². The van der Waals surface area contributed by atoms with Crippen molar-refractivity contribution >= 4 is 56.9 Å². The molecule has 0 amide bonds. The Kier molecular flexibility index (Phi) is 6.91. The summed E-state index contributed by atoms with van der Waals surface area (Å²) in [5, 5.41) is 22.1. The zero-order chi connectivity index (χ0) is 20.3. The summed E-state index contributed by atoms with van der Waals surface area (Å²) in [4.78, 5) is 43.2. The van der Waals surface area contributed by atoms with Crippen LogP contribution in [-0.4, -0.2) is 35.0 Å². The fourth-order valence-corrected chi connectivity index (χ4v) is 2.41. The monoisotopic (exact) mass is 402 g/mol. The number of hydrogen-bond donors (Lipinski definition) is 0. The molecule has 0 bridgehead atoms. The predicted octanol–water partition coefficient (Wildman–Crippen LogP) is -0.0678. The van der Waals surface area contributed by atoms with Crippen LogP contribution in [0, 0.1) is 0 Å². The van der Waals surface area contributed by atoms with Gasteiger partial charge in [0.15, 0.2) is 0 Å². The molecule has 0 atom stereocenters. The maximum atomic E-state index is 11.1. The van der Waals surface area contributed by atoms with Gasteiger partial charge in [-0.1, -0.05) is 36.4 Å². The van der Waals surface area contributed by atoms with Crippen LogP contribution in [0.3, 0.4) is 0 Å². The van der Waals surface area contributed by atoms with Crippen LogP contribution in [0.1, 0.15) is 20.7 Å². The van der Waals surface area contributed by atoms with E-state index in [2.05, 4.69) is 0 Å². The molecule has 0 aliphatic carbocycles. The van der Waals surface area contributed by atoms with Crippen molar-refractivity contribution in [2.75, 3.05) is 0 Å². The summed E-state index contributed by atoms with van der Waals surface area (Å²) in [5.41, 5.74) is -1.95. The first kappa shape index (κ1) is 21.9. The Labute approximate surface area is 178 Å². The van der Waals surface area contributed by atoms with Gasteiger partial charge in [0.25, 0.3) is 0 Å². The van der Waals surface area contributed by atoms with Crippen molar-refractivity contribution in [3.8, 4) is 0 Å². The Bertz CT molecular complexity index is 1220. The van der Waals surface area contributed by atoms with E-state index >= 15 is 0 Å². The SMILES string of the molecule is O=C([O-])c1cc2ccccc2oc1=O.O=C([O-])c1cc2ccccc2oc1=O.[Mg+2]. The van der Waals surface area contributed by atoms with Gasteiger partial charge in [-0.3, -0.25) is 0 Å². The summed E-state index contributed by atoms with van der Waals surface area (Å²) in [5.74, 6) is -3.05. The summed E-state index contributed by atoms with van der Waals surface area (Å²) in [7, 11) is 0. The van der Waals surface area contributed by atoms with E-state index in [4.69, 9.17) is 8.83 Å². The molecule has 0 spiro atoms. The molecule has 0 unspecified atom stereocenters. The summed E-state index contributed by atoms with van der Waals surface area (Å²) in [6.45, 7) is 0.